The first-order valence-electron chi connectivity index (χ1n) is 9.85. The fourth-order valence-electron chi connectivity index (χ4n) is 3.36. The van der Waals surface area contributed by atoms with Crippen LogP contribution in [0.3, 0.4) is 0 Å². The molecule has 7 nitrogen and oxygen atoms in total. The number of H-pyrrole nitrogens is 1. The number of para-hydroxylation sites is 2. The zero-order valence-electron chi connectivity index (χ0n) is 16.5. The lowest BCUT2D eigenvalue weighted by Crippen LogP contribution is -2.28. The number of carbonyl (C=O) groups excluding carboxylic acids is 1. The van der Waals surface area contributed by atoms with Crippen molar-refractivity contribution in [1.82, 2.24) is 20.5 Å². The van der Waals surface area contributed by atoms with Gasteiger partial charge in [0, 0.05) is 24.0 Å². The van der Waals surface area contributed by atoms with E-state index in [1.165, 1.54) is 0 Å². The van der Waals surface area contributed by atoms with E-state index in [1.54, 1.807) is 6.20 Å². The first-order chi connectivity index (χ1) is 15.3. The van der Waals surface area contributed by atoms with Gasteiger partial charge in [0.05, 0.1) is 5.56 Å². The van der Waals surface area contributed by atoms with Crippen molar-refractivity contribution in [2.45, 2.75) is 6.54 Å². The molecule has 0 atom stereocenters. The van der Waals surface area contributed by atoms with Gasteiger partial charge in [-0.05, 0) is 29.8 Å². The summed E-state index contributed by atoms with van der Waals surface area (Å²) in [6.45, 7) is 0.452. The van der Waals surface area contributed by atoms with E-state index >= 15 is 0 Å². The molecule has 3 N–H and O–H groups in total. The third-order valence-corrected chi connectivity index (χ3v) is 4.85. The van der Waals surface area contributed by atoms with E-state index in [9.17, 15) is 4.79 Å². The van der Waals surface area contributed by atoms with Gasteiger partial charge in [-0.2, -0.15) is 5.10 Å². The van der Waals surface area contributed by atoms with Crippen LogP contribution in [0.5, 0.6) is 0 Å². The average molecular weight is 409 g/mol. The standard InChI is InChI=1S/C24H19N5O2/c30-24(25-14-16-7-2-1-3-8-16)27-18-10-6-9-17(13-18)22-19(15-26-29-22)23-28-20-11-4-5-12-21(20)31-23/h1-13,15H,14H2,(H,26,29)(H2,25,27,30). The Hall–Kier alpha value is -4.39. The van der Waals surface area contributed by atoms with Crippen LogP contribution in [0.15, 0.2) is 89.5 Å². The minimum Gasteiger partial charge on any atom is -0.436 e. The number of rotatable bonds is 5. The maximum atomic E-state index is 12.3. The van der Waals surface area contributed by atoms with Crippen molar-refractivity contribution in [3.05, 3.63) is 90.6 Å². The van der Waals surface area contributed by atoms with Gasteiger partial charge >= 0.3 is 6.03 Å². The van der Waals surface area contributed by atoms with Crippen LogP contribution < -0.4 is 10.6 Å². The molecule has 0 fully saturated rings. The fourth-order valence-corrected chi connectivity index (χ4v) is 3.36. The number of urea groups is 1. The van der Waals surface area contributed by atoms with Gasteiger partial charge in [0.25, 0.3) is 0 Å². The molecule has 152 valence electrons. The molecule has 0 radical (unpaired) electrons. The highest BCUT2D eigenvalue weighted by Crippen LogP contribution is 2.32. The van der Waals surface area contributed by atoms with Crippen molar-refractivity contribution in [2.75, 3.05) is 5.32 Å². The summed E-state index contributed by atoms with van der Waals surface area (Å²) in [4.78, 5) is 16.9. The topological polar surface area (TPSA) is 95.8 Å². The first kappa shape index (κ1) is 18.6. The van der Waals surface area contributed by atoms with E-state index in [0.717, 1.165) is 27.8 Å². The quantitative estimate of drug-likeness (QED) is 0.371. The Bertz CT molecular complexity index is 1310. The van der Waals surface area contributed by atoms with Gasteiger partial charge < -0.3 is 15.1 Å². The van der Waals surface area contributed by atoms with E-state index < -0.39 is 0 Å². The lowest BCUT2D eigenvalue weighted by molar-refractivity contribution is 0.251. The Balaban J connectivity index is 1.35. The third kappa shape index (κ3) is 4.02. The van der Waals surface area contributed by atoms with Crippen LogP contribution in [-0.4, -0.2) is 21.2 Å². The van der Waals surface area contributed by atoms with Gasteiger partial charge in [0.2, 0.25) is 5.89 Å². The number of benzene rings is 3. The number of nitrogens with zero attached hydrogens (tertiary/aromatic N) is 2. The van der Waals surface area contributed by atoms with Crippen LogP contribution in [-0.2, 0) is 6.54 Å². The van der Waals surface area contributed by atoms with Crippen LogP contribution in [0.25, 0.3) is 33.8 Å². The molecule has 2 heterocycles. The van der Waals surface area contributed by atoms with Gasteiger partial charge in [0.1, 0.15) is 11.2 Å². The van der Waals surface area contributed by atoms with E-state index in [-0.39, 0.29) is 6.03 Å². The molecule has 5 rings (SSSR count). The minimum atomic E-state index is -0.276. The molecule has 2 amide bonds. The minimum absolute atomic E-state index is 0.276. The zero-order valence-corrected chi connectivity index (χ0v) is 16.5. The Morgan fingerprint density at radius 3 is 2.68 bits per heavy atom. The number of aromatic nitrogens is 3. The molecule has 2 aromatic heterocycles. The van der Waals surface area contributed by atoms with Crippen LogP contribution in [0, 0.1) is 0 Å². The summed E-state index contributed by atoms with van der Waals surface area (Å²) in [7, 11) is 0. The van der Waals surface area contributed by atoms with Gasteiger partial charge in [-0.25, -0.2) is 9.78 Å². The molecule has 7 heteroatoms. The monoisotopic (exact) mass is 409 g/mol. The second kappa shape index (κ2) is 8.16. The van der Waals surface area contributed by atoms with Gasteiger partial charge in [0.15, 0.2) is 5.58 Å². The lowest BCUT2D eigenvalue weighted by Gasteiger charge is -2.09. The summed E-state index contributed by atoms with van der Waals surface area (Å²) in [6.07, 6.45) is 1.76. The molecule has 0 aliphatic heterocycles. The molecule has 3 aromatic carbocycles. The van der Waals surface area contributed by atoms with Crippen molar-refractivity contribution < 1.29 is 9.21 Å². The number of anilines is 1. The summed E-state index contributed by atoms with van der Waals surface area (Å²) in [5, 5.41) is 13.0. The van der Waals surface area contributed by atoms with Crippen molar-refractivity contribution in [3.8, 4) is 22.7 Å². The van der Waals surface area contributed by atoms with Gasteiger partial charge in [-0.15, -0.1) is 0 Å². The highest BCUT2D eigenvalue weighted by atomic mass is 16.3. The zero-order chi connectivity index (χ0) is 21.0. The smallest absolute Gasteiger partial charge is 0.319 e. The maximum absolute atomic E-state index is 12.3. The van der Waals surface area contributed by atoms with Crippen molar-refractivity contribution >= 4 is 22.8 Å². The normalized spacial score (nSPS) is 10.8. The van der Waals surface area contributed by atoms with E-state index in [4.69, 9.17) is 4.42 Å². The number of fused-ring (bicyclic) bond motifs is 1. The highest BCUT2D eigenvalue weighted by Gasteiger charge is 2.16. The Labute approximate surface area is 178 Å². The molecule has 0 unspecified atom stereocenters. The van der Waals surface area contributed by atoms with Gasteiger partial charge in [-0.3, -0.25) is 5.10 Å². The molecule has 31 heavy (non-hydrogen) atoms. The molecule has 0 saturated heterocycles. The maximum Gasteiger partial charge on any atom is 0.319 e. The van der Waals surface area contributed by atoms with Crippen molar-refractivity contribution in [3.63, 3.8) is 0 Å². The van der Waals surface area contributed by atoms with Crippen LogP contribution >= 0.6 is 0 Å². The van der Waals surface area contributed by atoms with E-state index in [1.807, 2.05) is 78.9 Å². The molecule has 0 aliphatic rings. The molecular weight excluding hydrogens is 390 g/mol. The molecule has 5 aromatic rings. The lowest BCUT2D eigenvalue weighted by atomic mass is 10.1. The number of carbonyl (C=O) groups is 1. The molecule has 0 aliphatic carbocycles. The van der Waals surface area contributed by atoms with E-state index in [0.29, 0.717) is 23.8 Å². The number of aromatic amines is 1. The highest BCUT2D eigenvalue weighted by molar-refractivity contribution is 5.90. The number of oxazole rings is 1. The van der Waals surface area contributed by atoms with E-state index in [2.05, 4.69) is 25.8 Å². The summed E-state index contributed by atoms with van der Waals surface area (Å²) in [5.41, 5.74) is 5.48. The predicted octanol–water partition coefficient (Wildman–Crippen LogP) is 5.21. The van der Waals surface area contributed by atoms with Crippen LogP contribution in [0.4, 0.5) is 10.5 Å². The average Bonchev–Trinajstić information content (AvgIpc) is 3.45. The molecule has 0 bridgehead atoms. The largest absolute Gasteiger partial charge is 0.436 e. The van der Waals surface area contributed by atoms with Crippen LogP contribution in [0.1, 0.15) is 5.56 Å². The number of amides is 2. The van der Waals surface area contributed by atoms with Crippen molar-refractivity contribution in [1.29, 1.82) is 0 Å². The second-order valence-electron chi connectivity index (χ2n) is 7.01. The molecule has 0 spiro atoms. The van der Waals surface area contributed by atoms with Crippen LogP contribution in [0.2, 0.25) is 0 Å². The summed E-state index contributed by atoms with van der Waals surface area (Å²) in [5.74, 6) is 0.490. The summed E-state index contributed by atoms with van der Waals surface area (Å²) in [6, 6.07) is 24.6. The van der Waals surface area contributed by atoms with Gasteiger partial charge in [-0.1, -0.05) is 54.6 Å². The number of hydrogen-bond acceptors (Lipinski definition) is 4. The Morgan fingerprint density at radius 1 is 0.968 bits per heavy atom. The second-order valence-corrected chi connectivity index (χ2v) is 7.01. The first-order valence-corrected chi connectivity index (χ1v) is 9.85. The Kier molecular flexibility index (Phi) is 4.90. The molecule has 0 saturated carbocycles. The number of hydrogen-bond donors (Lipinski definition) is 3. The third-order valence-electron chi connectivity index (χ3n) is 4.85. The molecular formula is C24H19N5O2. The summed E-state index contributed by atoms with van der Waals surface area (Å²) >= 11 is 0. The SMILES string of the molecule is O=C(NCc1ccccc1)Nc1cccc(-c2n[nH]cc2-c2nc3ccccc3o2)c1. The fraction of sp³-hybridized carbons (Fsp3) is 0.0417. The predicted molar refractivity (Wildman–Crippen MR) is 119 cm³/mol. The van der Waals surface area contributed by atoms with Crippen molar-refractivity contribution in [2.24, 2.45) is 0 Å². The Morgan fingerprint density at radius 2 is 1.81 bits per heavy atom. The number of nitrogens with one attached hydrogen (secondary N) is 3. The summed E-state index contributed by atoms with van der Waals surface area (Å²) < 4.78 is 5.89.